The normalized spacial score (nSPS) is 15.7. The summed E-state index contributed by atoms with van der Waals surface area (Å²) in [6, 6.07) is 33.9. The fraction of sp³-hybridized carbons (Fsp3) is 0.233. The Balaban J connectivity index is 1.42. The summed E-state index contributed by atoms with van der Waals surface area (Å²) in [4.78, 5) is 0. The van der Waals surface area contributed by atoms with Crippen LogP contribution in [0.3, 0.4) is 0 Å². The molecule has 172 valence electrons. The van der Waals surface area contributed by atoms with Crippen LogP contribution >= 0.6 is 0 Å². The number of hydrazone groups is 1. The number of benzene rings is 4. The van der Waals surface area contributed by atoms with Crippen LogP contribution in [0.15, 0.2) is 102 Å². The lowest BCUT2D eigenvalue weighted by molar-refractivity contribution is 0.0552. The molecule has 1 atom stereocenters. The molecule has 1 aliphatic rings. The molecule has 1 aliphatic heterocycles. The standard InChI is InChI=1S/C30H30N2O2/c1-22(2)33-19-20-34-26-17-15-24(16-18-26)30-21-29(31-32(30)25-11-4-3-5-12-25)28-14-8-10-23-9-6-7-13-27(23)28/h3-18,22,30H,19-21H2,1-2H3. The first-order valence-electron chi connectivity index (χ1n) is 11.9. The molecule has 1 heterocycles. The molecule has 0 amide bonds. The Labute approximate surface area is 201 Å². The fourth-order valence-electron chi connectivity index (χ4n) is 4.46. The molecule has 0 aliphatic carbocycles. The van der Waals surface area contributed by atoms with Crippen LogP contribution in [0.25, 0.3) is 10.8 Å². The summed E-state index contributed by atoms with van der Waals surface area (Å²) in [6.07, 6.45) is 1.05. The summed E-state index contributed by atoms with van der Waals surface area (Å²) in [5.41, 5.74) is 4.62. The molecule has 0 saturated carbocycles. The average molecular weight is 451 g/mol. The molecular formula is C30H30N2O2. The van der Waals surface area contributed by atoms with Crippen LogP contribution in [-0.4, -0.2) is 25.0 Å². The molecule has 34 heavy (non-hydrogen) atoms. The lowest BCUT2D eigenvalue weighted by Crippen LogP contribution is -2.18. The summed E-state index contributed by atoms with van der Waals surface area (Å²) in [6.45, 7) is 5.20. The van der Waals surface area contributed by atoms with Gasteiger partial charge in [0.05, 0.1) is 30.2 Å². The Morgan fingerprint density at radius 2 is 1.56 bits per heavy atom. The molecule has 1 unspecified atom stereocenters. The highest BCUT2D eigenvalue weighted by Gasteiger charge is 2.30. The Kier molecular flexibility index (Phi) is 6.59. The van der Waals surface area contributed by atoms with Gasteiger partial charge in [0.2, 0.25) is 0 Å². The van der Waals surface area contributed by atoms with Gasteiger partial charge in [0.1, 0.15) is 12.4 Å². The van der Waals surface area contributed by atoms with Crippen molar-refractivity contribution in [2.75, 3.05) is 18.2 Å². The van der Waals surface area contributed by atoms with Gasteiger partial charge in [0, 0.05) is 12.0 Å². The second-order valence-corrected chi connectivity index (χ2v) is 8.81. The number of para-hydroxylation sites is 1. The monoisotopic (exact) mass is 450 g/mol. The van der Waals surface area contributed by atoms with Crippen LogP contribution in [0.5, 0.6) is 5.75 Å². The predicted molar refractivity (Wildman–Crippen MR) is 140 cm³/mol. The summed E-state index contributed by atoms with van der Waals surface area (Å²) < 4.78 is 11.4. The van der Waals surface area contributed by atoms with E-state index in [1.807, 2.05) is 32.0 Å². The van der Waals surface area contributed by atoms with Gasteiger partial charge in [-0.2, -0.15) is 5.10 Å². The van der Waals surface area contributed by atoms with Crippen LogP contribution in [-0.2, 0) is 4.74 Å². The first kappa shape index (κ1) is 22.2. The first-order chi connectivity index (χ1) is 16.7. The minimum absolute atomic E-state index is 0.120. The maximum Gasteiger partial charge on any atom is 0.119 e. The third-order valence-electron chi connectivity index (χ3n) is 6.10. The third kappa shape index (κ3) is 4.82. The van der Waals surface area contributed by atoms with Crippen molar-refractivity contribution >= 4 is 22.2 Å². The van der Waals surface area contributed by atoms with Gasteiger partial charge in [-0.25, -0.2) is 0 Å². The van der Waals surface area contributed by atoms with Gasteiger partial charge >= 0.3 is 0 Å². The molecule has 0 radical (unpaired) electrons. The number of nitrogens with zero attached hydrogens (tertiary/aromatic N) is 2. The number of hydrogen-bond acceptors (Lipinski definition) is 4. The smallest absolute Gasteiger partial charge is 0.119 e. The topological polar surface area (TPSA) is 34.1 Å². The van der Waals surface area contributed by atoms with Gasteiger partial charge in [0.25, 0.3) is 0 Å². The predicted octanol–water partition coefficient (Wildman–Crippen LogP) is 7.00. The molecule has 4 aromatic rings. The van der Waals surface area contributed by atoms with Crippen molar-refractivity contribution in [1.82, 2.24) is 0 Å². The molecule has 4 heteroatoms. The van der Waals surface area contributed by atoms with Gasteiger partial charge in [-0.15, -0.1) is 0 Å². The van der Waals surface area contributed by atoms with Crippen molar-refractivity contribution in [2.24, 2.45) is 5.10 Å². The fourth-order valence-corrected chi connectivity index (χ4v) is 4.46. The lowest BCUT2D eigenvalue weighted by Gasteiger charge is -2.24. The SMILES string of the molecule is CC(C)OCCOc1ccc(C2CC(c3cccc4ccccc34)=NN2c2ccccc2)cc1. The van der Waals surface area contributed by atoms with Gasteiger partial charge in [-0.1, -0.05) is 72.8 Å². The zero-order chi connectivity index (χ0) is 23.3. The lowest BCUT2D eigenvalue weighted by atomic mass is 9.95. The number of anilines is 1. The van der Waals surface area contributed by atoms with Gasteiger partial charge in [-0.3, -0.25) is 5.01 Å². The molecule has 0 aromatic heterocycles. The van der Waals surface area contributed by atoms with Crippen molar-refractivity contribution < 1.29 is 9.47 Å². The zero-order valence-electron chi connectivity index (χ0n) is 19.7. The number of fused-ring (bicyclic) bond motifs is 1. The van der Waals surface area contributed by atoms with Crippen LogP contribution in [0, 0.1) is 0 Å². The highest BCUT2D eigenvalue weighted by Crippen LogP contribution is 2.38. The van der Waals surface area contributed by atoms with Crippen molar-refractivity contribution in [3.63, 3.8) is 0 Å². The Bertz CT molecular complexity index is 1260. The molecule has 0 spiro atoms. The van der Waals surface area contributed by atoms with Gasteiger partial charge < -0.3 is 9.47 Å². The van der Waals surface area contributed by atoms with E-state index in [1.165, 1.54) is 21.9 Å². The minimum Gasteiger partial charge on any atom is -0.491 e. The van der Waals surface area contributed by atoms with Crippen molar-refractivity contribution in [3.05, 3.63) is 108 Å². The van der Waals surface area contributed by atoms with Crippen LogP contribution in [0.4, 0.5) is 5.69 Å². The summed E-state index contributed by atoms with van der Waals surface area (Å²) in [5.74, 6) is 0.857. The Morgan fingerprint density at radius 3 is 2.35 bits per heavy atom. The van der Waals surface area contributed by atoms with E-state index in [0.717, 1.165) is 23.6 Å². The average Bonchev–Trinajstić information content (AvgIpc) is 3.32. The van der Waals surface area contributed by atoms with E-state index in [2.05, 4.69) is 83.9 Å². The number of hydrogen-bond donors (Lipinski definition) is 0. The molecule has 0 saturated heterocycles. The third-order valence-corrected chi connectivity index (χ3v) is 6.10. The van der Waals surface area contributed by atoms with Crippen molar-refractivity contribution in [2.45, 2.75) is 32.4 Å². The van der Waals surface area contributed by atoms with Crippen LogP contribution < -0.4 is 9.75 Å². The Morgan fingerprint density at radius 1 is 0.824 bits per heavy atom. The molecule has 4 nitrogen and oxygen atoms in total. The Hall–Kier alpha value is -3.63. The van der Waals surface area contributed by atoms with E-state index in [1.54, 1.807) is 0 Å². The van der Waals surface area contributed by atoms with Crippen molar-refractivity contribution in [1.29, 1.82) is 0 Å². The first-order valence-corrected chi connectivity index (χ1v) is 11.9. The largest absolute Gasteiger partial charge is 0.491 e. The quantitative estimate of drug-likeness (QED) is 0.271. The van der Waals surface area contributed by atoms with E-state index in [-0.39, 0.29) is 12.1 Å². The molecule has 0 bridgehead atoms. The molecule has 5 rings (SSSR count). The van der Waals surface area contributed by atoms with E-state index < -0.39 is 0 Å². The number of ether oxygens (including phenoxy) is 2. The highest BCUT2D eigenvalue weighted by molar-refractivity contribution is 6.12. The van der Waals surface area contributed by atoms with Crippen LogP contribution in [0.2, 0.25) is 0 Å². The van der Waals surface area contributed by atoms with Gasteiger partial charge in [0.15, 0.2) is 0 Å². The van der Waals surface area contributed by atoms with Gasteiger partial charge in [-0.05, 0) is 54.4 Å². The second-order valence-electron chi connectivity index (χ2n) is 8.81. The van der Waals surface area contributed by atoms with E-state index in [9.17, 15) is 0 Å². The van der Waals surface area contributed by atoms with E-state index in [0.29, 0.717) is 13.2 Å². The van der Waals surface area contributed by atoms with E-state index in [4.69, 9.17) is 14.6 Å². The molecule has 0 fully saturated rings. The summed E-state index contributed by atoms with van der Waals surface area (Å²) in [5, 5.41) is 9.77. The zero-order valence-corrected chi connectivity index (χ0v) is 19.7. The number of rotatable bonds is 8. The summed E-state index contributed by atoms with van der Waals surface area (Å²) in [7, 11) is 0. The second kappa shape index (κ2) is 10.1. The van der Waals surface area contributed by atoms with Crippen LogP contribution in [0.1, 0.15) is 37.4 Å². The summed E-state index contributed by atoms with van der Waals surface area (Å²) >= 11 is 0. The molecule has 4 aromatic carbocycles. The van der Waals surface area contributed by atoms with Crippen molar-refractivity contribution in [3.8, 4) is 5.75 Å². The maximum absolute atomic E-state index is 5.86. The minimum atomic E-state index is 0.120. The molecule has 0 N–H and O–H groups in total. The van der Waals surface area contributed by atoms with E-state index >= 15 is 0 Å². The molecular weight excluding hydrogens is 420 g/mol. The highest BCUT2D eigenvalue weighted by atomic mass is 16.5. The maximum atomic E-state index is 5.86.